The quantitative estimate of drug-likeness (QED) is 0.0790. The summed E-state index contributed by atoms with van der Waals surface area (Å²) < 4.78 is 44.5. The second kappa shape index (κ2) is 9.27. The number of aromatic nitrogens is 1. The van der Waals surface area contributed by atoms with E-state index in [0.717, 1.165) is 23.6 Å². The summed E-state index contributed by atoms with van der Waals surface area (Å²) in [4.78, 5) is 48.4. The average molecular weight is 506 g/mol. The number of aliphatic imine (C=N–C) groups is 1. The zero-order valence-electron chi connectivity index (χ0n) is 16.1. The van der Waals surface area contributed by atoms with E-state index >= 15 is 0 Å². The van der Waals surface area contributed by atoms with Crippen LogP contribution in [0.5, 0.6) is 0 Å². The van der Waals surface area contributed by atoms with Gasteiger partial charge < -0.3 is 26.1 Å². The first-order valence-electron chi connectivity index (χ1n) is 8.72. The summed E-state index contributed by atoms with van der Waals surface area (Å²) >= 11 is 0.894. The lowest BCUT2D eigenvalue weighted by molar-refractivity contribution is -0.145. The van der Waals surface area contributed by atoms with Gasteiger partial charge in [0, 0.05) is 17.7 Å². The van der Waals surface area contributed by atoms with Crippen molar-refractivity contribution in [3.8, 4) is 0 Å². The zero-order chi connectivity index (χ0) is 24.5. The maximum absolute atomic E-state index is 13.2. The SMILES string of the molecule is Nc1nc(/C(=N/OC(O)C2=CC(=O)C(O)C=N2)C(=O)NC2C(=O)N(S(=O)(=O)O)C2CF)cs1. The van der Waals surface area contributed by atoms with Crippen molar-refractivity contribution in [3.63, 3.8) is 0 Å². The summed E-state index contributed by atoms with van der Waals surface area (Å²) in [5.41, 5.74) is 4.35. The summed E-state index contributed by atoms with van der Waals surface area (Å²) in [6.45, 7) is -1.41. The number of nitrogens with zero attached hydrogens (tertiary/aromatic N) is 4. The van der Waals surface area contributed by atoms with Crippen LogP contribution >= 0.6 is 11.3 Å². The predicted octanol–water partition coefficient (Wildman–Crippen LogP) is -2.87. The van der Waals surface area contributed by atoms with Crippen LogP contribution in [-0.2, 0) is 29.5 Å². The van der Waals surface area contributed by atoms with Gasteiger partial charge in [-0.05, 0) is 0 Å². The number of thiazole rings is 1. The Morgan fingerprint density at radius 3 is 2.70 bits per heavy atom. The molecule has 2 aliphatic rings. The molecule has 18 heteroatoms. The molecule has 1 saturated heterocycles. The van der Waals surface area contributed by atoms with E-state index in [1.54, 1.807) is 0 Å². The number of halogens is 1. The lowest BCUT2D eigenvalue weighted by atomic mass is 10.00. The Hall–Kier alpha value is -3.32. The summed E-state index contributed by atoms with van der Waals surface area (Å²) in [5.74, 6) is -3.28. The standard InChI is InChI=1S/C15H15FN6O9S2/c16-2-7-11(13(26)22(7)33(28,29)30)20-12(25)10(6-4-32-15(17)19-6)21-31-14(27)5-1-8(23)9(24)3-18-5/h1,3-4,7,9,11,14,24,27H,2H2,(H2,17,19)(H,20,25)(H,28,29,30)/b21-10-. The number of nitrogen functional groups attached to an aromatic ring is 1. The molecule has 178 valence electrons. The average Bonchev–Trinajstić information content (AvgIpc) is 3.16. The van der Waals surface area contributed by atoms with E-state index in [0.29, 0.717) is 0 Å². The van der Waals surface area contributed by atoms with Crippen molar-refractivity contribution in [1.82, 2.24) is 14.6 Å². The van der Waals surface area contributed by atoms with E-state index in [1.165, 1.54) is 5.38 Å². The number of amides is 2. The number of ketones is 1. The molecule has 0 radical (unpaired) electrons. The number of carbonyl (C=O) groups is 3. The molecule has 2 aliphatic heterocycles. The molecule has 0 saturated carbocycles. The van der Waals surface area contributed by atoms with Crippen LogP contribution in [0.4, 0.5) is 9.52 Å². The highest BCUT2D eigenvalue weighted by Crippen LogP contribution is 2.24. The molecule has 3 rings (SSSR count). The van der Waals surface area contributed by atoms with Crippen LogP contribution in [-0.4, -0.2) is 93.1 Å². The van der Waals surface area contributed by atoms with Gasteiger partial charge >= 0.3 is 10.3 Å². The highest BCUT2D eigenvalue weighted by molar-refractivity contribution is 7.84. The topological polar surface area (TPSA) is 234 Å². The molecule has 0 aliphatic carbocycles. The lowest BCUT2D eigenvalue weighted by Crippen LogP contribution is -2.73. The van der Waals surface area contributed by atoms with Crippen molar-refractivity contribution >= 4 is 56.3 Å². The molecular formula is C15H15FN6O9S2. The Kier molecular flexibility index (Phi) is 6.84. The molecule has 1 fully saturated rings. The first kappa shape index (κ1) is 24.3. The fourth-order valence-electron chi connectivity index (χ4n) is 2.71. The molecular weight excluding hydrogens is 491 g/mol. The fourth-order valence-corrected chi connectivity index (χ4v) is 4.12. The predicted molar refractivity (Wildman–Crippen MR) is 108 cm³/mol. The first-order chi connectivity index (χ1) is 15.4. The van der Waals surface area contributed by atoms with Crippen LogP contribution < -0.4 is 11.1 Å². The fraction of sp³-hybridized carbons (Fsp3) is 0.333. The third-order valence-electron chi connectivity index (χ3n) is 4.29. The minimum atomic E-state index is -5.04. The van der Waals surface area contributed by atoms with Crippen molar-refractivity contribution in [2.45, 2.75) is 24.5 Å². The van der Waals surface area contributed by atoms with Crippen molar-refractivity contribution in [3.05, 3.63) is 22.8 Å². The maximum Gasteiger partial charge on any atom is 0.362 e. The van der Waals surface area contributed by atoms with E-state index < -0.39 is 64.8 Å². The van der Waals surface area contributed by atoms with Crippen LogP contribution in [0.25, 0.3) is 0 Å². The lowest BCUT2D eigenvalue weighted by Gasteiger charge is -2.42. The molecule has 3 heterocycles. The van der Waals surface area contributed by atoms with Crippen LogP contribution in [0, 0.1) is 0 Å². The van der Waals surface area contributed by atoms with E-state index in [1.807, 2.05) is 5.32 Å². The van der Waals surface area contributed by atoms with Gasteiger partial charge in [-0.3, -0.25) is 23.9 Å². The number of aliphatic hydroxyl groups is 2. The number of alkyl halides is 1. The highest BCUT2D eigenvalue weighted by Gasteiger charge is 2.54. The second-order valence-corrected chi connectivity index (χ2v) is 8.63. The van der Waals surface area contributed by atoms with Crippen molar-refractivity contribution < 1.29 is 46.8 Å². The van der Waals surface area contributed by atoms with Gasteiger partial charge in [0.05, 0.1) is 0 Å². The molecule has 4 unspecified atom stereocenters. The summed E-state index contributed by atoms with van der Waals surface area (Å²) in [6, 6.07) is -3.37. The van der Waals surface area contributed by atoms with E-state index in [2.05, 4.69) is 15.1 Å². The first-order valence-corrected chi connectivity index (χ1v) is 11.0. The number of β-lactam (4-membered cyclic amide) rings is 1. The molecule has 1 aromatic heterocycles. The van der Waals surface area contributed by atoms with Crippen LogP contribution in [0.3, 0.4) is 0 Å². The van der Waals surface area contributed by atoms with Gasteiger partial charge in [0.15, 0.2) is 22.7 Å². The van der Waals surface area contributed by atoms with Gasteiger partial charge in [0.2, 0.25) is 0 Å². The highest BCUT2D eigenvalue weighted by atomic mass is 32.2. The molecule has 0 spiro atoms. The normalized spacial score (nSPS) is 24.2. The summed E-state index contributed by atoms with van der Waals surface area (Å²) in [6.07, 6.45) is -1.83. The Bertz CT molecular complexity index is 1180. The minimum Gasteiger partial charge on any atom is -0.379 e. The van der Waals surface area contributed by atoms with Crippen molar-refractivity contribution in [2.75, 3.05) is 12.4 Å². The Morgan fingerprint density at radius 1 is 1.45 bits per heavy atom. The monoisotopic (exact) mass is 506 g/mol. The molecule has 0 aromatic carbocycles. The van der Waals surface area contributed by atoms with Gasteiger partial charge in [-0.15, -0.1) is 11.3 Å². The molecule has 15 nitrogen and oxygen atoms in total. The minimum absolute atomic E-state index is 0.00382. The number of rotatable bonds is 8. The largest absolute Gasteiger partial charge is 0.379 e. The number of oxime groups is 1. The third kappa shape index (κ3) is 5.03. The van der Waals surface area contributed by atoms with Gasteiger partial charge in [0.1, 0.15) is 30.1 Å². The number of aliphatic hydroxyl groups excluding tert-OH is 2. The third-order valence-corrected chi connectivity index (χ3v) is 5.91. The van der Waals surface area contributed by atoms with Gasteiger partial charge in [-0.1, -0.05) is 5.16 Å². The van der Waals surface area contributed by atoms with Gasteiger partial charge in [-0.25, -0.2) is 13.7 Å². The van der Waals surface area contributed by atoms with Crippen LogP contribution in [0.1, 0.15) is 5.69 Å². The maximum atomic E-state index is 13.2. The zero-order valence-corrected chi connectivity index (χ0v) is 17.7. The van der Waals surface area contributed by atoms with Crippen LogP contribution in [0.2, 0.25) is 0 Å². The van der Waals surface area contributed by atoms with Gasteiger partial charge in [0.25, 0.3) is 18.1 Å². The number of hydrogen-bond donors (Lipinski definition) is 5. The molecule has 4 atom stereocenters. The molecule has 2 amide bonds. The number of nitrogens with one attached hydrogen (secondary N) is 1. The van der Waals surface area contributed by atoms with E-state index in [4.69, 9.17) is 15.1 Å². The number of hydrogen-bond acceptors (Lipinski definition) is 13. The van der Waals surface area contributed by atoms with E-state index in [-0.39, 0.29) is 20.8 Å². The summed E-state index contributed by atoms with van der Waals surface area (Å²) in [5, 5.41) is 26.1. The molecule has 0 bridgehead atoms. The number of anilines is 1. The van der Waals surface area contributed by atoms with Crippen LogP contribution in [0.15, 0.2) is 27.3 Å². The van der Waals surface area contributed by atoms with Crippen molar-refractivity contribution in [1.29, 1.82) is 0 Å². The molecule has 6 N–H and O–H groups in total. The Balaban J connectivity index is 1.81. The number of nitrogens with two attached hydrogens (primary N) is 1. The Morgan fingerprint density at radius 2 is 2.15 bits per heavy atom. The molecule has 1 aromatic rings. The summed E-state index contributed by atoms with van der Waals surface area (Å²) in [7, 11) is -5.04. The van der Waals surface area contributed by atoms with Gasteiger partial charge in [-0.2, -0.15) is 8.42 Å². The van der Waals surface area contributed by atoms with E-state index in [9.17, 15) is 37.4 Å². The molecule has 33 heavy (non-hydrogen) atoms. The smallest absolute Gasteiger partial charge is 0.362 e. The Labute approximate surface area is 187 Å². The second-order valence-electron chi connectivity index (χ2n) is 6.45. The number of carbonyl (C=O) groups excluding carboxylic acids is 3. The van der Waals surface area contributed by atoms with Crippen molar-refractivity contribution in [2.24, 2.45) is 10.1 Å².